The van der Waals surface area contributed by atoms with Gasteiger partial charge in [-0.2, -0.15) is 13.2 Å². The fourth-order valence-corrected chi connectivity index (χ4v) is 2.03. The van der Waals surface area contributed by atoms with E-state index in [9.17, 15) is 31.2 Å². The Balaban J connectivity index is 4.71. The molecule has 0 aromatic heterocycles. The SMILES string of the molecule is CS(=O)(=O)CCC(NC(=O)C(F)(F)F)C(=O)CBr. The largest absolute Gasteiger partial charge is 0.471 e. The van der Waals surface area contributed by atoms with E-state index in [1.807, 2.05) is 0 Å². The van der Waals surface area contributed by atoms with Gasteiger partial charge in [0.15, 0.2) is 5.78 Å². The van der Waals surface area contributed by atoms with Crippen molar-refractivity contribution in [2.45, 2.75) is 18.6 Å². The van der Waals surface area contributed by atoms with Gasteiger partial charge in [0.1, 0.15) is 9.84 Å². The number of halogens is 4. The molecule has 0 aromatic rings. The average Bonchev–Trinajstić information content (AvgIpc) is 2.19. The highest BCUT2D eigenvalue weighted by Crippen LogP contribution is 2.15. The van der Waals surface area contributed by atoms with E-state index in [4.69, 9.17) is 0 Å². The number of nitrogens with one attached hydrogen (secondary N) is 1. The van der Waals surface area contributed by atoms with Gasteiger partial charge in [0.2, 0.25) is 0 Å². The summed E-state index contributed by atoms with van der Waals surface area (Å²) in [5.74, 6) is -3.49. The van der Waals surface area contributed by atoms with E-state index in [1.54, 1.807) is 0 Å². The van der Waals surface area contributed by atoms with Gasteiger partial charge in [0.25, 0.3) is 0 Å². The van der Waals surface area contributed by atoms with E-state index in [-0.39, 0.29) is 5.33 Å². The van der Waals surface area contributed by atoms with Gasteiger partial charge in [-0.3, -0.25) is 9.59 Å². The summed E-state index contributed by atoms with van der Waals surface area (Å²) in [6.07, 6.45) is -4.63. The Morgan fingerprint density at radius 1 is 1.33 bits per heavy atom. The number of carbonyl (C=O) groups excluding carboxylic acids is 2. The summed E-state index contributed by atoms with van der Waals surface area (Å²) < 4.78 is 57.7. The van der Waals surface area contributed by atoms with Crippen LogP contribution in [-0.4, -0.2) is 49.7 Å². The standard InChI is InChI=1S/C8H11BrF3NO4S/c1-18(16,17)3-2-5(6(14)4-9)13-7(15)8(10,11)12/h5H,2-4H2,1H3,(H,13,15). The molecule has 0 saturated carbocycles. The lowest BCUT2D eigenvalue weighted by atomic mass is 10.1. The Bertz CT molecular complexity index is 421. The third kappa shape index (κ3) is 6.94. The van der Waals surface area contributed by atoms with E-state index in [0.29, 0.717) is 0 Å². The molecular formula is C8H11BrF3NO4S. The van der Waals surface area contributed by atoms with Gasteiger partial charge in [-0.25, -0.2) is 8.42 Å². The van der Waals surface area contributed by atoms with Crippen LogP contribution in [0.1, 0.15) is 6.42 Å². The lowest BCUT2D eigenvalue weighted by Gasteiger charge is -2.17. The van der Waals surface area contributed by atoms with Gasteiger partial charge in [-0.05, 0) is 6.42 Å². The number of hydrogen-bond acceptors (Lipinski definition) is 4. The number of sulfone groups is 1. The number of hydrogen-bond donors (Lipinski definition) is 1. The second-order valence-corrected chi connectivity index (χ2v) is 6.36. The molecule has 0 radical (unpaired) electrons. The number of Topliss-reactive ketones (excluding diaryl/α,β-unsaturated/α-hetero) is 1. The lowest BCUT2D eigenvalue weighted by molar-refractivity contribution is -0.174. The topological polar surface area (TPSA) is 80.3 Å². The first-order chi connectivity index (χ1) is 7.97. The van der Waals surface area contributed by atoms with Crippen LogP contribution in [0.15, 0.2) is 0 Å². The molecule has 0 aliphatic rings. The Labute approximate surface area is 110 Å². The molecule has 18 heavy (non-hydrogen) atoms. The van der Waals surface area contributed by atoms with E-state index in [0.717, 1.165) is 6.26 Å². The van der Waals surface area contributed by atoms with Crippen LogP contribution in [0.25, 0.3) is 0 Å². The summed E-state index contributed by atoms with van der Waals surface area (Å²) in [6, 6.07) is -1.48. The Morgan fingerprint density at radius 3 is 2.17 bits per heavy atom. The Morgan fingerprint density at radius 2 is 1.83 bits per heavy atom. The van der Waals surface area contributed by atoms with Gasteiger partial charge < -0.3 is 5.32 Å². The number of amides is 1. The van der Waals surface area contributed by atoms with E-state index in [1.165, 1.54) is 5.32 Å². The summed E-state index contributed by atoms with van der Waals surface area (Å²) in [5.41, 5.74) is 0. The molecule has 0 aliphatic heterocycles. The Hall–Kier alpha value is -0.640. The van der Waals surface area contributed by atoms with Crippen molar-refractivity contribution in [3.8, 4) is 0 Å². The zero-order valence-corrected chi connectivity index (χ0v) is 11.7. The number of rotatable bonds is 6. The molecule has 0 rings (SSSR count). The van der Waals surface area contributed by atoms with E-state index >= 15 is 0 Å². The highest BCUT2D eigenvalue weighted by atomic mass is 79.9. The van der Waals surface area contributed by atoms with Crippen LogP contribution in [0, 0.1) is 0 Å². The zero-order chi connectivity index (χ0) is 14.6. The van der Waals surface area contributed by atoms with Crippen molar-refractivity contribution in [3.63, 3.8) is 0 Å². The van der Waals surface area contributed by atoms with Crippen molar-refractivity contribution < 1.29 is 31.2 Å². The van der Waals surface area contributed by atoms with Crippen molar-refractivity contribution >= 4 is 37.5 Å². The molecule has 0 saturated heterocycles. The number of alkyl halides is 4. The monoisotopic (exact) mass is 353 g/mol. The van der Waals surface area contributed by atoms with E-state index in [2.05, 4.69) is 15.9 Å². The molecule has 5 nitrogen and oxygen atoms in total. The van der Waals surface area contributed by atoms with Crippen LogP contribution in [0.4, 0.5) is 13.2 Å². The summed E-state index contributed by atoms with van der Waals surface area (Å²) >= 11 is 2.74. The molecule has 0 heterocycles. The van der Waals surface area contributed by atoms with Gasteiger partial charge in [-0.1, -0.05) is 15.9 Å². The number of ketones is 1. The maximum absolute atomic E-state index is 12.0. The van der Waals surface area contributed by atoms with Crippen LogP contribution < -0.4 is 5.32 Å². The molecule has 1 atom stereocenters. The first-order valence-electron chi connectivity index (χ1n) is 4.61. The average molecular weight is 354 g/mol. The summed E-state index contributed by atoms with van der Waals surface area (Å²) in [5, 5.41) is 1.19. The minimum Gasteiger partial charge on any atom is -0.338 e. The van der Waals surface area contributed by atoms with Gasteiger partial charge in [0.05, 0.1) is 17.1 Å². The highest BCUT2D eigenvalue weighted by Gasteiger charge is 2.40. The molecule has 0 spiro atoms. The molecule has 0 fully saturated rings. The lowest BCUT2D eigenvalue weighted by Crippen LogP contribution is -2.47. The quantitative estimate of drug-likeness (QED) is 0.702. The predicted molar refractivity (Wildman–Crippen MR) is 61.1 cm³/mol. The van der Waals surface area contributed by atoms with Gasteiger partial charge >= 0.3 is 12.1 Å². The molecule has 1 amide bonds. The summed E-state index contributed by atoms with van der Waals surface area (Å²) in [4.78, 5) is 21.9. The van der Waals surface area contributed by atoms with Crippen molar-refractivity contribution in [2.75, 3.05) is 17.3 Å². The second-order valence-electron chi connectivity index (χ2n) is 3.54. The van der Waals surface area contributed by atoms with Crippen LogP contribution in [0.3, 0.4) is 0 Å². The van der Waals surface area contributed by atoms with Gasteiger partial charge in [0, 0.05) is 6.26 Å². The fraction of sp³-hybridized carbons (Fsp3) is 0.750. The number of carbonyl (C=O) groups is 2. The molecule has 0 aliphatic carbocycles. The zero-order valence-electron chi connectivity index (χ0n) is 9.25. The predicted octanol–water partition coefficient (Wildman–Crippen LogP) is 0.432. The molecular weight excluding hydrogens is 343 g/mol. The maximum atomic E-state index is 12.0. The first-order valence-corrected chi connectivity index (χ1v) is 7.79. The third-order valence-corrected chi connectivity index (χ3v) is 3.39. The van der Waals surface area contributed by atoms with Crippen LogP contribution in [-0.2, 0) is 19.4 Å². The molecule has 1 N–H and O–H groups in total. The molecule has 106 valence electrons. The van der Waals surface area contributed by atoms with Gasteiger partial charge in [-0.15, -0.1) is 0 Å². The first kappa shape index (κ1) is 17.4. The second kappa shape index (κ2) is 6.50. The summed E-state index contributed by atoms with van der Waals surface area (Å²) in [6.45, 7) is 0. The van der Waals surface area contributed by atoms with Crippen molar-refractivity contribution in [3.05, 3.63) is 0 Å². The third-order valence-electron chi connectivity index (χ3n) is 1.86. The van der Waals surface area contributed by atoms with Crippen molar-refractivity contribution in [1.82, 2.24) is 5.32 Å². The van der Waals surface area contributed by atoms with Crippen LogP contribution in [0.5, 0.6) is 0 Å². The molecule has 0 aromatic carbocycles. The smallest absolute Gasteiger partial charge is 0.338 e. The van der Waals surface area contributed by atoms with Crippen LogP contribution >= 0.6 is 15.9 Å². The minimum absolute atomic E-state index is 0.278. The van der Waals surface area contributed by atoms with Crippen molar-refractivity contribution in [1.29, 1.82) is 0 Å². The van der Waals surface area contributed by atoms with E-state index < -0.39 is 45.9 Å². The highest BCUT2D eigenvalue weighted by molar-refractivity contribution is 9.09. The van der Waals surface area contributed by atoms with Crippen LogP contribution in [0.2, 0.25) is 0 Å². The molecule has 0 bridgehead atoms. The van der Waals surface area contributed by atoms with Crippen molar-refractivity contribution in [2.24, 2.45) is 0 Å². The molecule has 1 unspecified atom stereocenters. The molecule has 10 heteroatoms. The summed E-state index contributed by atoms with van der Waals surface area (Å²) in [7, 11) is -3.43. The fourth-order valence-electron chi connectivity index (χ4n) is 0.979. The normalized spacial score (nSPS) is 14.1. The Kier molecular flexibility index (Phi) is 6.27. The maximum Gasteiger partial charge on any atom is 0.471 e. The minimum atomic E-state index is -5.12.